The summed E-state index contributed by atoms with van der Waals surface area (Å²) < 4.78 is 30.5. The third kappa shape index (κ3) is 4.62. The lowest BCUT2D eigenvalue weighted by Gasteiger charge is -2.28. The zero-order chi connectivity index (χ0) is 19.3. The first-order chi connectivity index (χ1) is 13.7. The van der Waals surface area contributed by atoms with E-state index in [0.29, 0.717) is 26.4 Å². The number of rotatable bonds is 6. The molecule has 1 saturated heterocycles. The van der Waals surface area contributed by atoms with Gasteiger partial charge in [-0.1, -0.05) is 54.6 Å². The average molecular weight is 384 g/mol. The smallest absolute Gasteiger partial charge is 0.187 e. The predicted molar refractivity (Wildman–Crippen MR) is 105 cm³/mol. The Bertz CT molecular complexity index is 748. The lowest BCUT2D eigenvalue weighted by Crippen LogP contribution is -2.41. The van der Waals surface area contributed by atoms with Gasteiger partial charge in [-0.15, -0.1) is 0 Å². The molecule has 0 aromatic heterocycles. The molecule has 28 heavy (non-hydrogen) atoms. The summed E-state index contributed by atoms with van der Waals surface area (Å²) >= 11 is 0. The summed E-state index contributed by atoms with van der Waals surface area (Å²) in [4.78, 5) is 0. The molecule has 2 aliphatic heterocycles. The molecule has 4 rings (SSSR count). The van der Waals surface area contributed by atoms with Crippen LogP contribution in [0, 0.1) is 0 Å². The summed E-state index contributed by atoms with van der Waals surface area (Å²) in [5.41, 5.74) is 3.43. The standard InChI is InChI=1S/C23H28O5/c1-16(2)27-23-22-21(25-13-18-10-6-7-11-19(18)14-26-22)20(28-23)15-24-12-17-8-4-3-5-9-17/h3-11,16,20-23H,12-15H2,1-2H3/t20-,21-,22+,23+/m1/s1. The van der Waals surface area contributed by atoms with E-state index in [1.807, 2.05) is 44.2 Å². The van der Waals surface area contributed by atoms with E-state index in [1.54, 1.807) is 0 Å². The molecular formula is C23H28O5. The minimum absolute atomic E-state index is 0.0379. The number of ether oxygens (including phenoxy) is 5. The van der Waals surface area contributed by atoms with Crippen molar-refractivity contribution in [3.8, 4) is 0 Å². The third-order valence-electron chi connectivity index (χ3n) is 5.05. The molecule has 2 aromatic carbocycles. The first kappa shape index (κ1) is 19.6. The van der Waals surface area contributed by atoms with Crippen LogP contribution in [0.3, 0.4) is 0 Å². The summed E-state index contributed by atoms with van der Waals surface area (Å²) in [6.45, 7) is 6.02. The van der Waals surface area contributed by atoms with Crippen LogP contribution in [-0.4, -0.2) is 37.3 Å². The van der Waals surface area contributed by atoms with Crippen LogP contribution in [0.2, 0.25) is 0 Å². The Hall–Kier alpha value is -1.76. The van der Waals surface area contributed by atoms with E-state index in [4.69, 9.17) is 23.7 Å². The van der Waals surface area contributed by atoms with Crippen molar-refractivity contribution in [2.45, 2.75) is 64.4 Å². The van der Waals surface area contributed by atoms with Gasteiger partial charge in [-0.25, -0.2) is 0 Å². The van der Waals surface area contributed by atoms with Crippen LogP contribution in [0.1, 0.15) is 30.5 Å². The maximum atomic E-state index is 6.25. The van der Waals surface area contributed by atoms with E-state index in [-0.39, 0.29) is 24.4 Å². The minimum Gasteiger partial charge on any atom is -0.374 e. The van der Waals surface area contributed by atoms with Gasteiger partial charge in [-0.05, 0) is 30.5 Å². The SMILES string of the molecule is CC(C)O[C@H]1O[C@H](COCc2ccccc2)[C@H]2OCc3ccccc3CO[C@H]12. The van der Waals surface area contributed by atoms with E-state index in [0.717, 1.165) is 16.7 Å². The summed E-state index contributed by atoms with van der Waals surface area (Å²) in [6.07, 6.45) is -1.16. The highest BCUT2D eigenvalue weighted by Gasteiger charge is 2.48. The summed E-state index contributed by atoms with van der Waals surface area (Å²) in [5, 5.41) is 0. The van der Waals surface area contributed by atoms with Crippen molar-refractivity contribution in [3.63, 3.8) is 0 Å². The van der Waals surface area contributed by atoms with Gasteiger partial charge < -0.3 is 23.7 Å². The third-order valence-corrected chi connectivity index (χ3v) is 5.05. The second kappa shape index (κ2) is 9.16. The monoisotopic (exact) mass is 384 g/mol. The van der Waals surface area contributed by atoms with E-state index < -0.39 is 6.29 Å². The first-order valence-electron chi connectivity index (χ1n) is 9.93. The minimum atomic E-state index is -0.458. The summed E-state index contributed by atoms with van der Waals surface area (Å²) in [7, 11) is 0. The lowest BCUT2D eigenvalue weighted by molar-refractivity contribution is -0.201. The van der Waals surface area contributed by atoms with Gasteiger partial charge in [0, 0.05) is 0 Å². The molecule has 5 nitrogen and oxygen atoms in total. The van der Waals surface area contributed by atoms with Gasteiger partial charge in [0.15, 0.2) is 6.29 Å². The maximum Gasteiger partial charge on any atom is 0.187 e. The van der Waals surface area contributed by atoms with E-state index in [1.165, 1.54) is 0 Å². The van der Waals surface area contributed by atoms with Crippen LogP contribution in [0.5, 0.6) is 0 Å². The van der Waals surface area contributed by atoms with Crippen LogP contribution in [-0.2, 0) is 43.5 Å². The average Bonchev–Trinajstić information content (AvgIpc) is 2.99. The highest BCUT2D eigenvalue weighted by molar-refractivity contribution is 5.26. The summed E-state index contributed by atoms with van der Waals surface area (Å²) in [6, 6.07) is 18.3. The van der Waals surface area contributed by atoms with Gasteiger partial charge in [-0.2, -0.15) is 0 Å². The zero-order valence-electron chi connectivity index (χ0n) is 16.5. The van der Waals surface area contributed by atoms with Crippen LogP contribution < -0.4 is 0 Å². The number of fused-ring (bicyclic) bond motifs is 2. The van der Waals surface area contributed by atoms with Crippen LogP contribution in [0.25, 0.3) is 0 Å². The number of benzene rings is 2. The van der Waals surface area contributed by atoms with Crippen molar-refractivity contribution < 1.29 is 23.7 Å². The van der Waals surface area contributed by atoms with Crippen molar-refractivity contribution in [1.82, 2.24) is 0 Å². The summed E-state index contributed by atoms with van der Waals surface area (Å²) in [5.74, 6) is 0. The highest BCUT2D eigenvalue weighted by atomic mass is 16.7. The molecule has 4 atom stereocenters. The van der Waals surface area contributed by atoms with Crippen LogP contribution >= 0.6 is 0 Å². The zero-order valence-corrected chi connectivity index (χ0v) is 16.5. The lowest BCUT2D eigenvalue weighted by atomic mass is 10.1. The molecule has 0 amide bonds. The molecule has 0 unspecified atom stereocenters. The Labute approximate surface area is 166 Å². The molecular weight excluding hydrogens is 356 g/mol. The molecule has 0 bridgehead atoms. The molecule has 2 aliphatic rings. The predicted octanol–water partition coefficient (Wildman–Crippen LogP) is 3.84. The Morgan fingerprint density at radius 2 is 1.54 bits per heavy atom. The maximum absolute atomic E-state index is 6.25. The second-order valence-corrected chi connectivity index (χ2v) is 7.55. The van der Waals surface area contributed by atoms with E-state index >= 15 is 0 Å². The molecule has 0 aliphatic carbocycles. The fourth-order valence-electron chi connectivity index (χ4n) is 3.66. The number of hydrogen-bond acceptors (Lipinski definition) is 5. The molecule has 0 spiro atoms. The first-order valence-corrected chi connectivity index (χ1v) is 9.93. The Morgan fingerprint density at radius 3 is 2.21 bits per heavy atom. The van der Waals surface area contributed by atoms with Crippen molar-refractivity contribution in [2.75, 3.05) is 6.61 Å². The quantitative estimate of drug-likeness (QED) is 0.757. The van der Waals surface area contributed by atoms with Crippen molar-refractivity contribution in [3.05, 3.63) is 71.3 Å². The van der Waals surface area contributed by atoms with E-state index in [2.05, 4.69) is 24.3 Å². The fraction of sp³-hybridized carbons (Fsp3) is 0.478. The molecule has 5 heteroatoms. The second-order valence-electron chi connectivity index (χ2n) is 7.55. The van der Waals surface area contributed by atoms with Gasteiger partial charge in [0.2, 0.25) is 0 Å². The van der Waals surface area contributed by atoms with Gasteiger partial charge in [-0.3, -0.25) is 0 Å². The highest BCUT2D eigenvalue weighted by Crippen LogP contribution is 2.32. The Kier molecular flexibility index (Phi) is 6.40. The molecule has 0 saturated carbocycles. The van der Waals surface area contributed by atoms with Crippen LogP contribution in [0.15, 0.2) is 54.6 Å². The molecule has 150 valence electrons. The normalized spacial score (nSPS) is 27.1. The molecule has 0 radical (unpaired) electrons. The van der Waals surface area contributed by atoms with Crippen molar-refractivity contribution in [2.24, 2.45) is 0 Å². The Morgan fingerprint density at radius 1 is 0.893 bits per heavy atom. The molecule has 2 aromatic rings. The molecule has 2 heterocycles. The van der Waals surface area contributed by atoms with Crippen molar-refractivity contribution >= 4 is 0 Å². The van der Waals surface area contributed by atoms with Crippen LogP contribution in [0.4, 0.5) is 0 Å². The number of hydrogen-bond donors (Lipinski definition) is 0. The topological polar surface area (TPSA) is 46.2 Å². The van der Waals surface area contributed by atoms with Gasteiger partial charge in [0.25, 0.3) is 0 Å². The van der Waals surface area contributed by atoms with Gasteiger partial charge >= 0.3 is 0 Å². The van der Waals surface area contributed by atoms with Gasteiger partial charge in [0.1, 0.15) is 18.3 Å². The molecule has 1 fully saturated rings. The Balaban J connectivity index is 1.44. The van der Waals surface area contributed by atoms with E-state index in [9.17, 15) is 0 Å². The van der Waals surface area contributed by atoms with Crippen molar-refractivity contribution in [1.29, 1.82) is 0 Å². The van der Waals surface area contributed by atoms with Gasteiger partial charge in [0.05, 0.1) is 32.5 Å². The molecule has 0 N–H and O–H groups in total. The fourth-order valence-corrected chi connectivity index (χ4v) is 3.66. The largest absolute Gasteiger partial charge is 0.374 e.